The van der Waals surface area contributed by atoms with E-state index in [1.807, 2.05) is 31.3 Å². The number of ether oxygens (including phenoxy) is 1. The van der Waals surface area contributed by atoms with Crippen molar-refractivity contribution >= 4 is 39.1 Å². The summed E-state index contributed by atoms with van der Waals surface area (Å²) in [5, 5.41) is 4.35. The van der Waals surface area contributed by atoms with Gasteiger partial charge in [0.25, 0.3) is 0 Å². The number of halogens is 3. The van der Waals surface area contributed by atoms with E-state index >= 15 is 0 Å². The first-order valence-electron chi connectivity index (χ1n) is 6.10. The van der Waals surface area contributed by atoms with Crippen molar-refractivity contribution in [2.75, 3.05) is 7.05 Å². The average Bonchev–Trinajstić information content (AvgIpc) is 2.42. The molecule has 2 nitrogen and oxygen atoms in total. The van der Waals surface area contributed by atoms with E-state index in [1.165, 1.54) is 0 Å². The van der Waals surface area contributed by atoms with Crippen molar-refractivity contribution in [1.29, 1.82) is 0 Å². The molecular weight excluding hydrogens is 361 g/mol. The molecule has 0 amide bonds. The molecule has 0 saturated carbocycles. The summed E-state index contributed by atoms with van der Waals surface area (Å²) in [7, 11) is 1.91. The predicted octanol–water partition coefficient (Wildman–Crippen LogP) is 5.05. The highest BCUT2D eigenvalue weighted by molar-refractivity contribution is 9.10. The van der Waals surface area contributed by atoms with Gasteiger partial charge < -0.3 is 10.1 Å². The Hall–Kier alpha value is -0.740. The largest absolute Gasteiger partial charge is 0.489 e. The van der Waals surface area contributed by atoms with Gasteiger partial charge in [0, 0.05) is 26.6 Å². The molecule has 0 aliphatic heterocycles. The molecule has 0 aliphatic carbocycles. The molecule has 0 aromatic heterocycles. The molecule has 1 N–H and O–H groups in total. The van der Waals surface area contributed by atoms with Crippen LogP contribution >= 0.6 is 39.1 Å². The first-order chi connectivity index (χ1) is 9.61. The molecule has 0 atom stereocenters. The van der Waals surface area contributed by atoms with Crippen LogP contribution in [0.4, 0.5) is 0 Å². The molecule has 2 rings (SSSR count). The second-order valence-corrected chi connectivity index (χ2v) is 5.94. The van der Waals surface area contributed by atoms with Gasteiger partial charge in [-0.05, 0) is 42.9 Å². The van der Waals surface area contributed by atoms with E-state index < -0.39 is 0 Å². The molecule has 0 aliphatic rings. The Morgan fingerprint density at radius 3 is 2.50 bits per heavy atom. The highest BCUT2D eigenvalue weighted by Gasteiger charge is 2.07. The normalized spacial score (nSPS) is 10.6. The zero-order chi connectivity index (χ0) is 14.5. The Kier molecular flexibility index (Phi) is 5.73. The lowest BCUT2D eigenvalue weighted by molar-refractivity contribution is 0.306. The third kappa shape index (κ3) is 3.89. The van der Waals surface area contributed by atoms with Crippen LogP contribution in [0.3, 0.4) is 0 Å². The maximum atomic E-state index is 6.12. The zero-order valence-electron chi connectivity index (χ0n) is 10.9. The van der Waals surface area contributed by atoms with Crippen LogP contribution in [0.1, 0.15) is 11.1 Å². The van der Waals surface area contributed by atoms with Crippen molar-refractivity contribution < 1.29 is 4.74 Å². The van der Waals surface area contributed by atoms with Gasteiger partial charge in [0.1, 0.15) is 12.4 Å². The summed E-state index contributed by atoms with van der Waals surface area (Å²) in [5.74, 6) is 0.787. The van der Waals surface area contributed by atoms with Gasteiger partial charge in [0.05, 0.1) is 0 Å². The Bertz CT molecular complexity index is 584. The molecule has 0 fully saturated rings. The quantitative estimate of drug-likeness (QED) is 0.790. The minimum Gasteiger partial charge on any atom is -0.489 e. The highest BCUT2D eigenvalue weighted by Crippen LogP contribution is 2.27. The van der Waals surface area contributed by atoms with Gasteiger partial charge in [-0.15, -0.1) is 0 Å². The fourth-order valence-electron chi connectivity index (χ4n) is 1.79. The molecule has 0 unspecified atom stereocenters. The third-order valence-electron chi connectivity index (χ3n) is 2.83. The van der Waals surface area contributed by atoms with Crippen molar-refractivity contribution in [3.8, 4) is 5.75 Å². The molecule has 106 valence electrons. The summed E-state index contributed by atoms with van der Waals surface area (Å²) in [6, 6.07) is 11.3. The van der Waals surface area contributed by atoms with Gasteiger partial charge in [0.15, 0.2) is 0 Å². The van der Waals surface area contributed by atoms with Crippen LogP contribution in [0.2, 0.25) is 10.0 Å². The van der Waals surface area contributed by atoms with E-state index in [9.17, 15) is 0 Å². The van der Waals surface area contributed by atoms with Crippen molar-refractivity contribution in [2.45, 2.75) is 13.2 Å². The van der Waals surface area contributed by atoms with Crippen molar-refractivity contribution in [1.82, 2.24) is 5.32 Å². The Balaban J connectivity index is 2.13. The Labute approximate surface area is 137 Å². The molecule has 20 heavy (non-hydrogen) atoms. The Morgan fingerprint density at radius 2 is 1.85 bits per heavy atom. The molecule has 0 heterocycles. The number of benzene rings is 2. The maximum absolute atomic E-state index is 6.12. The van der Waals surface area contributed by atoms with Crippen LogP contribution in [0.15, 0.2) is 40.9 Å². The lowest BCUT2D eigenvalue weighted by Gasteiger charge is -2.11. The number of hydrogen-bond acceptors (Lipinski definition) is 2. The summed E-state index contributed by atoms with van der Waals surface area (Å²) in [4.78, 5) is 0. The van der Waals surface area contributed by atoms with Crippen LogP contribution in [0, 0.1) is 0 Å². The third-order valence-corrected chi connectivity index (χ3v) is 4.31. The smallest absolute Gasteiger partial charge is 0.120 e. The van der Waals surface area contributed by atoms with Crippen LogP contribution in [0.5, 0.6) is 5.75 Å². The molecule has 2 aromatic carbocycles. The SMILES string of the molecule is CNCc1cc(OCc2c(Cl)cccc2Cl)ccc1Br. The molecule has 0 saturated heterocycles. The summed E-state index contributed by atoms with van der Waals surface area (Å²) in [6.07, 6.45) is 0. The minimum atomic E-state index is 0.346. The van der Waals surface area contributed by atoms with E-state index in [2.05, 4.69) is 21.2 Å². The topological polar surface area (TPSA) is 21.3 Å². The molecule has 0 spiro atoms. The minimum absolute atomic E-state index is 0.346. The zero-order valence-corrected chi connectivity index (χ0v) is 14.0. The summed E-state index contributed by atoms with van der Waals surface area (Å²) < 4.78 is 6.83. The standard InChI is InChI=1S/C15H14BrCl2NO/c1-19-8-10-7-11(5-6-13(10)16)20-9-12-14(17)3-2-4-15(12)18/h2-7,19H,8-9H2,1H3. The molecule has 2 aromatic rings. The first kappa shape index (κ1) is 15.6. The van der Waals surface area contributed by atoms with E-state index in [0.717, 1.165) is 27.9 Å². The first-order valence-corrected chi connectivity index (χ1v) is 7.65. The lowest BCUT2D eigenvalue weighted by Crippen LogP contribution is -2.06. The monoisotopic (exact) mass is 373 g/mol. The number of rotatable bonds is 5. The van der Waals surface area contributed by atoms with E-state index in [1.54, 1.807) is 12.1 Å². The van der Waals surface area contributed by atoms with Crippen LogP contribution in [-0.4, -0.2) is 7.05 Å². The second-order valence-electron chi connectivity index (χ2n) is 4.27. The van der Waals surface area contributed by atoms with Gasteiger partial charge in [-0.25, -0.2) is 0 Å². The van der Waals surface area contributed by atoms with Crippen LogP contribution in [-0.2, 0) is 13.2 Å². The summed E-state index contributed by atoms with van der Waals surface area (Å²) >= 11 is 15.8. The van der Waals surface area contributed by atoms with E-state index in [-0.39, 0.29) is 0 Å². The summed E-state index contributed by atoms with van der Waals surface area (Å²) in [5.41, 5.74) is 1.93. The fraction of sp³-hybridized carbons (Fsp3) is 0.200. The maximum Gasteiger partial charge on any atom is 0.120 e. The van der Waals surface area contributed by atoms with Gasteiger partial charge in [0.2, 0.25) is 0 Å². The summed E-state index contributed by atoms with van der Waals surface area (Å²) in [6.45, 7) is 1.11. The van der Waals surface area contributed by atoms with Gasteiger partial charge in [-0.2, -0.15) is 0 Å². The molecule has 0 bridgehead atoms. The van der Waals surface area contributed by atoms with Gasteiger partial charge in [-0.3, -0.25) is 0 Å². The Morgan fingerprint density at radius 1 is 1.15 bits per heavy atom. The molecule has 0 radical (unpaired) electrons. The van der Waals surface area contributed by atoms with Crippen LogP contribution in [0.25, 0.3) is 0 Å². The molecular formula is C15H14BrCl2NO. The van der Waals surface area contributed by atoms with Crippen molar-refractivity contribution in [2.24, 2.45) is 0 Å². The van der Waals surface area contributed by atoms with Gasteiger partial charge >= 0.3 is 0 Å². The fourth-order valence-corrected chi connectivity index (χ4v) is 2.69. The van der Waals surface area contributed by atoms with Crippen molar-refractivity contribution in [3.05, 3.63) is 62.0 Å². The second kappa shape index (κ2) is 7.32. The molecule has 5 heteroatoms. The number of hydrogen-bond donors (Lipinski definition) is 1. The van der Waals surface area contributed by atoms with Gasteiger partial charge in [-0.1, -0.05) is 45.2 Å². The highest BCUT2D eigenvalue weighted by atomic mass is 79.9. The van der Waals surface area contributed by atoms with E-state index in [0.29, 0.717) is 16.7 Å². The lowest BCUT2D eigenvalue weighted by atomic mass is 10.2. The van der Waals surface area contributed by atoms with E-state index in [4.69, 9.17) is 27.9 Å². The predicted molar refractivity (Wildman–Crippen MR) is 87.7 cm³/mol. The van der Waals surface area contributed by atoms with Crippen LogP contribution < -0.4 is 10.1 Å². The average molecular weight is 375 g/mol. The van der Waals surface area contributed by atoms with Crippen molar-refractivity contribution in [3.63, 3.8) is 0 Å². The number of nitrogens with one attached hydrogen (secondary N) is 1.